The summed E-state index contributed by atoms with van der Waals surface area (Å²) in [6.45, 7) is 3.82. The molecule has 0 unspecified atom stereocenters. The molecule has 0 radical (unpaired) electrons. The van der Waals surface area contributed by atoms with Crippen LogP contribution in [0.25, 0.3) is 0 Å². The molecule has 3 aliphatic carbocycles. The number of amides is 3. The van der Waals surface area contributed by atoms with E-state index in [2.05, 4.69) is 17.6 Å². The zero-order chi connectivity index (χ0) is 16.3. The first-order chi connectivity index (χ1) is 11.0. The van der Waals surface area contributed by atoms with E-state index in [0.717, 1.165) is 28.3 Å². The summed E-state index contributed by atoms with van der Waals surface area (Å²) in [6.07, 6.45) is 6.04. The lowest BCUT2D eigenvalue weighted by molar-refractivity contribution is -0.143. The molecule has 5 nitrogen and oxygen atoms in total. The van der Waals surface area contributed by atoms with Crippen molar-refractivity contribution in [3.05, 3.63) is 33.5 Å². The second-order valence-electron chi connectivity index (χ2n) is 6.62. The van der Waals surface area contributed by atoms with Crippen LogP contribution in [0.3, 0.4) is 0 Å². The molecule has 0 aromatic carbocycles. The van der Waals surface area contributed by atoms with Crippen molar-refractivity contribution in [1.29, 1.82) is 0 Å². The first-order valence-electron chi connectivity index (χ1n) is 7.91. The van der Waals surface area contributed by atoms with E-state index in [0.29, 0.717) is 5.56 Å². The summed E-state index contributed by atoms with van der Waals surface area (Å²) in [5.74, 6) is -1.21. The fourth-order valence-electron chi connectivity index (χ4n) is 4.08. The van der Waals surface area contributed by atoms with Crippen LogP contribution in [0.4, 0.5) is 0 Å². The standard InChI is InChI=1S/C17H18N2O3S/c1-8-9(2)23-7-12(8)15(20)18-19-16(21)13-10-3-4-11(6-5-10)14(13)17(19)22/h3-4,7,10-11,13-14H,5-6H2,1-2H3,(H,18,20)/t10-,11-,13-,14-/m1/s1. The van der Waals surface area contributed by atoms with E-state index in [1.54, 1.807) is 5.38 Å². The summed E-state index contributed by atoms with van der Waals surface area (Å²) in [5.41, 5.74) is 3.97. The van der Waals surface area contributed by atoms with Crippen LogP contribution in [0.15, 0.2) is 17.5 Å². The van der Waals surface area contributed by atoms with Crippen LogP contribution in [-0.4, -0.2) is 22.7 Å². The highest BCUT2D eigenvalue weighted by atomic mass is 32.1. The normalized spacial score (nSPS) is 31.7. The molecule has 3 amide bonds. The Morgan fingerprint density at radius 2 is 1.70 bits per heavy atom. The van der Waals surface area contributed by atoms with Gasteiger partial charge in [0.15, 0.2) is 0 Å². The maximum Gasteiger partial charge on any atom is 0.271 e. The minimum Gasteiger partial charge on any atom is -0.272 e. The molecule has 6 heteroatoms. The number of allylic oxidation sites excluding steroid dienone is 2. The van der Waals surface area contributed by atoms with E-state index < -0.39 is 0 Å². The molecule has 5 rings (SSSR count). The molecule has 4 atom stereocenters. The third kappa shape index (κ3) is 2.01. The second-order valence-corrected chi connectivity index (χ2v) is 7.71. The third-order valence-corrected chi connectivity index (χ3v) is 6.52. The van der Waals surface area contributed by atoms with E-state index in [9.17, 15) is 14.4 Å². The Balaban J connectivity index is 1.59. The van der Waals surface area contributed by atoms with E-state index in [-0.39, 0.29) is 41.4 Å². The molecule has 120 valence electrons. The van der Waals surface area contributed by atoms with Crippen LogP contribution in [0.2, 0.25) is 0 Å². The van der Waals surface area contributed by atoms with Crippen LogP contribution in [0, 0.1) is 37.5 Å². The fourth-order valence-corrected chi connectivity index (χ4v) is 4.95. The molecule has 1 N–H and O–H groups in total. The van der Waals surface area contributed by atoms with E-state index >= 15 is 0 Å². The monoisotopic (exact) mass is 330 g/mol. The predicted molar refractivity (Wildman–Crippen MR) is 85.4 cm³/mol. The lowest BCUT2D eigenvalue weighted by Gasteiger charge is -2.37. The maximum atomic E-state index is 12.7. The zero-order valence-electron chi connectivity index (χ0n) is 13.0. The highest BCUT2D eigenvalue weighted by Crippen LogP contribution is 2.49. The van der Waals surface area contributed by atoms with E-state index in [4.69, 9.17) is 0 Å². The average Bonchev–Trinajstić information content (AvgIpc) is 3.02. The van der Waals surface area contributed by atoms with Crippen LogP contribution in [0.5, 0.6) is 0 Å². The SMILES string of the molecule is Cc1scc(C(=O)NN2C(=O)[C@H]3[C@H](C2=O)[C@@H]2C=C[C@@H]3CC2)c1C. The third-order valence-electron chi connectivity index (χ3n) is 5.50. The number of nitrogens with zero attached hydrogens (tertiary/aromatic N) is 1. The van der Waals surface area contributed by atoms with Gasteiger partial charge in [-0.3, -0.25) is 19.8 Å². The van der Waals surface area contributed by atoms with Gasteiger partial charge in [-0.2, -0.15) is 5.01 Å². The van der Waals surface area contributed by atoms with Gasteiger partial charge in [-0.05, 0) is 44.1 Å². The molecule has 1 aromatic rings. The van der Waals surface area contributed by atoms with E-state index in [1.807, 2.05) is 13.8 Å². The van der Waals surface area contributed by atoms with E-state index in [1.165, 1.54) is 11.3 Å². The number of carbonyl (C=O) groups excluding carboxylic acids is 3. The predicted octanol–water partition coefficient (Wildman–Crippen LogP) is 2.21. The fraction of sp³-hybridized carbons (Fsp3) is 0.471. The number of aryl methyl sites for hydroxylation is 1. The van der Waals surface area contributed by atoms with Crippen molar-refractivity contribution in [3.63, 3.8) is 0 Å². The minimum absolute atomic E-state index is 0.133. The van der Waals surface area contributed by atoms with Crippen molar-refractivity contribution in [2.75, 3.05) is 0 Å². The Morgan fingerprint density at radius 3 is 2.13 bits per heavy atom. The van der Waals surface area contributed by atoms with Crippen molar-refractivity contribution in [2.24, 2.45) is 23.7 Å². The molecule has 23 heavy (non-hydrogen) atoms. The molecule has 1 aromatic heterocycles. The zero-order valence-corrected chi connectivity index (χ0v) is 13.9. The number of carbonyl (C=O) groups is 3. The van der Waals surface area contributed by atoms with Gasteiger partial charge in [0.1, 0.15) is 0 Å². The van der Waals surface area contributed by atoms with Gasteiger partial charge in [-0.1, -0.05) is 12.2 Å². The van der Waals surface area contributed by atoms with Gasteiger partial charge in [-0.15, -0.1) is 11.3 Å². The number of hydrogen-bond donors (Lipinski definition) is 1. The van der Waals surface area contributed by atoms with Gasteiger partial charge >= 0.3 is 0 Å². The summed E-state index contributed by atoms with van der Waals surface area (Å²) < 4.78 is 0. The van der Waals surface area contributed by atoms with Gasteiger partial charge < -0.3 is 0 Å². The number of hydrogen-bond acceptors (Lipinski definition) is 4. The molecule has 1 saturated heterocycles. The Hall–Kier alpha value is -1.95. The van der Waals surface area contributed by atoms with Gasteiger partial charge in [0.2, 0.25) is 0 Å². The Morgan fingerprint density at radius 1 is 1.13 bits per heavy atom. The van der Waals surface area contributed by atoms with Crippen molar-refractivity contribution in [1.82, 2.24) is 10.4 Å². The Bertz CT molecular complexity index is 719. The van der Waals surface area contributed by atoms with Crippen molar-refractivity contribution in [2.45, 2.75) is 26.7 Å². The topological polar surface area (TPSA) is 66.5 Å². The van der Waals surface area contributed by atoms with Gasteiger partial charge in [0, 0.05) is 10.3 Å². The molecule has 4 aliphatic rings. The smallest absolute Gasteiger partial charge is 0.271 e. The maximum absolute atomic E-state index is 12.7. The number of imide groups is 1. The number of hydrazine groups is 1. The van der Waals surface area contributed by atoms with Crippen molar-refractivity contribution >= 4 is 29.1 Å². The highest BCUT2D eigenvalue weighted by molar-refractivity contribution is 7.10. The number of nitrogens with one attached hydrogen (secondary N) is 1. The van der Waals surface area contributed by atoms with Gasteiger partial charge in [0.25, 0.3) is 17.7 Å². The summed E-state index contributed by atoms with van der Waals surface area (Å²) in [6, 6.07) is 0. The molecule has 2 bridgehead atoms. The minimum atomic E-state index is -0.382. The molecular weight excluding hydrogens is 312 g/mol. The lowest BCUT2D eigenvalue weighted by Crippen LogP contribution is -2.46. The van der Waals surface area contributed by atoms with Crippen molar-refractivity contribution < 1.29 is 14.4 Å². The second kappa shape index (κ2) is 5.03. The molecule has 1 aliphatic heterocycles. The number of rotatable bonds is 2. The number of fused-ring (bicyclic) bond motifs is 1. The largest absolute Gasteiger partial charge is 0.272 e. The molecule has 2 heterocycles. The quantitative estimate of drug-likeness (QED) is 0.668. The first-order valence-corrected chi connectivity index (χ1v) is 8.79. The molecule has 1 saturated carbocycles. The summed E-state index contributed by atoms with van der Waals surface area (Å²) >= 11 is 1.49. The van der Waals surface area contributed by atoms with Gasteiger partial charge in [0.05, 0.1) is 17.4 Å². The molecule has 2 fully saturated rings. The first kappa shape index (κ1) is 14.6. The summed E-state index contributed by atoms with van der Waals surface area (Å²) in [5, 5.41) is 2.74. The van der Waals surface area contributed by atoms with Crippen LogP contribution >= 0.6 is 11.3 Å². The van der Waals surface area contributed by atoms with Crippen molar-refractivity contribution in [3.8, 4) is 0 Å². The lowest BCUT2D eigenvalue weighted by atomic mass is 9.63. The molecule has 0 spiro atoms. The Labute approximate surface area is 138 Å². The summed E-state index contributed by atoms with van der Waals surface area (Å²) in [4.78, 5) is 38.8. The van der Waals surface area contributed by atoms with Crippen LogP contribution < -0.4 is 5.43 Å². The van der Waals surface area contributed by atoms with Crippen LogP contribution in [-0.2, 0) is 9.59 Å². The number of thiophene rings is 1. The molecular formula is C17H18N2O3S. The van der Waals surface area contributed by atoms with Crippen LogP contribution in [0.1, 0.15) is 33.6 Å². The Kier molecular flexibility index (Phi) is 3.20. The summed E-state index contributed by atoms with van der Waals surface area (Å²) in [7, 11) is 0. The van der Waals surface area contributed by atoms with Gasteiger partial charge in [-0.25, -0.2) is 0 Å². The highest BCUT2D eigenvalue weighted by Gasteiger charge is 2.57. The average molecular weight is 330 g/mol.